The molecule has 1 aromatic heterocycles. The Morgan fingerprint density at radius 2 is 1.30 bits per heavy atom. The van der Waals surface area contributed by atoms with Crippen LogP contribution in [-0.2, 0) is 30.5 Å². The van der Waals surface area contributed by atoms with Gasteiger partial charge in [-0.2, -0.15) is 0 Å². The zero-order valence-electron chi connectivity index (χ0n) is 26.3. The Hall–Kier alpha value is -4.27. The Morgan fingerprint density at radius 1 is 0.696 bits per heavy atom. The summed E-state index contributed by atoms with van der Waals surface area (Å²) >= 11 is 0. The van der Waals surface area contributed by atoms with Crippen LogP contribution in [0.15, 0.2) is 24.4 Å². The number of carbonyl (C=O) groups is 6. The van der Waals surface area contributed by atoms with E-state index >= 15 is 0 Å². The van der Waals surface area contributed by atoms with Crippen LogP contribution in [0.2, 0.25) is 0 Å². The van der Waals surface area contributed by atoms with Crippen molar-refractivity contribution in [3.8, 4) is 0 Å². The Bertz CT molecular complexity index is 1090. The molecule has 15 nitrogen and oxygen atoms in total. The van der Waals surface area contributed by atoms with Gasteiger partial charge in [-0.05, 0) is 57.2 Å². The lowest BCUT2D eigenvalue weighted by Crippen LogP contribution is -2.51. The molecule has 1 aromatic rings. The third-order valence-corrected chi connectivity index (χ3v) is 7.19. The summed E-state index contributed by atoms with van der Waals surface area (Å²) in [6.07, 6.45) is 10.2. The molecule has 3 amide bonds. The van der Waals surface area contributed by atoms with E-state index in [4.69, 9.17) is 10.2 Å². The third kappa shape index (κ3) is 20.6. The highest BCUT2D eigenvalue weighted by atomic mass is 16.4. The van der Waals surface area contributed by atoms with Crippen LogP contribution < -0.4 is 16.0 Å². The number of pyridine rings is 1. The highest BCUT2D eigenvalue weighted by molar-refractivity contribution is 5.86. The van der Waals surface area contributed by atoms with E-state index in [9.17, 15) is 39.0 Å². The van der Waals surface area contributed by atoms with E-state index in [0.717, 1.165) is 57.1 Å². The van der Waals surface area contributed by atoms with Crippen LogP contribution in [-0.4, -0.2) is 97.8 Å². The summed E-state index contributed by atoms with van der Waals surface area (Å²) in [5.74, 6) is -4.87. The van der Waals surface area contributed by atoms with Gasteiger partial charge < -0.3 is 36.4 Å². The van der Waals surface area contributed by atoms with Crippen LogP contribution >= 0.6 is 0 Å². The number of unbranched alkanes of at least 4 members (excludes halogenated alkanes) is 8. The maximum Gasteiger partial charge on any atom is 0.326 e. The molecular formula is C31H49N5O10. The molecule has 1 rings (SSSR count). The Balaban J connectivity index is 2.10. The van der Waals surface area contributed by atoms with Crippen LogP contribution in [0.1, 0.15) is 95.6 Å². The maximum absolute atomic E-state index is 12.1. The van der Waals surface area contributed by atoms with Crippen molar-refractivity contribution in [2.75, 3.05) is 19.6 Å². The number of hydrogen-bond donors (Lipinski definition) is 7. The van der Waals surface area contributed by atoms with E-state index in [-0.39, 0.29) is 25.3 Å². The molecule has 0 aliphatic heterocycles. The van der Waals surface area contributed by atoms with Gasteiger partial charge in [0, 0.05) is 32.1 Å². The summed E-state index contributed by atoms with van der Waals surface area (Å²) in [7, 11) is 0. The van der Waals surface area contributed by atoms with Gasteiger partial charge in [-0.1, -0.05) is 44.6 Å². The average molecular weight is 652 g/mol. The molecule has 0 aromatic carbocycles. The minimum atomic E-state index is -1.47. The second kappa shape index (κ2) is 24.0. The quantitative estimate of drug-likeness (QED) is 0.0680. The molecule has 46 heavy (non-hydrogen) atoms. The average Bonchev–Trinajstić information content (AvgIpc) is 2.99. The van der Waals surface area contributed by atoms with Gasteiger partial charge >= 0.3 is 29.9 Å². The number of urea groups is 1. The minimum absolute atomic E-state index is 0.00920. The molecule has 258 valence electrons. The molecule has 0 spiro atoms. The van der Waals surface area contributed by atoms with Gasteiger partial charge in [0.05, 0.1) is 12.2 Å². The van der Waals surface area contributed by atoms with Crippen molar-refractivity contribution in [1.29, 1.82) is 0 Å². The van der Waals surface area contributed by atoms with Gasteiger partial charge in [0.25, 0.3) is 0 Å². The molecule has 0 bridgehead atoms. The molecule has 0 fully saturated rings. The van der Waals surface area contributed by atoms with Crippen LogP contribution in [0, 0.1) is 0 Å². The number of amides is 3. The van der Waals surface area contributed by atoms with Crippen LogP contribution in [0.5, 0.6) is 0 Å². The molecule has 7 N–H and O–H groups in total. The lowest BCUT2D eigenvalue weighted by atomic mass is 10.1. The van der Waals surface area contributed by atoms with Crippen LogP contribution in [0.4, 0.5) is 4.79 Å². The first-order chi connectivity index (χ1) is 22.0. The zero-order valence-corrected chi connectivity index (χ0v) is 26.3. The normalized spacial score (nSPS) is 12.2. The van der Waals surface area contributed by atoms with Crippen LogP contribution in [0.3, 0.4) is 0 Å². The summed E-state index contributed by atoms with van der Waals surface area (Å²) in [5.41, 5.74) is 0.853. The molecule has 0 aliphatic carbocycles. The molecule has 0 saturated carbocycles. The second-order valence-electron chi connectivity index (χ2n) is 11.2. The molecule has 2 atom stereocenters. The van der Waals surface area contributed by atoms with Crippen molar-refractivity contribution in [1.82, 2.24) is 25.8 Å². The Morgan fingerprint density at radius 3 is 1.87 bits per heavy atom. The van der Waals surface area contributed by atoms with Crippen molar-refractivity contribution in [3.63, 3.8) is 0 Å². The van der Waals surface area contributed by atoms with E-state index in [1.807, 2.05) is 23.1 Å². The van der Waals surface area contributed by atoms with Crippen molar-refractivity contribution < 1.29 is 49.2 Å². The van der Waals surface area contributed by atoms with Gasteiger partial charge in [0.15, 0.2) is 0 Å². The van der Waals surface area contributed by atoms with E-state index in [0.29, 0.717) is 38.9 Å². The summed E-state index contributed by atoms with van der Waals surface area (Å²) < 4.78 is 0. The molecule has 15 heteroatoms. The van der Waals surface area contributed by atoms with Crippen LogP contribution in [0.25, 0.3) is 0 Å². The topological polar surface area (TPSA) is 236 Å². The number of hydrogen-bond acceptors (Lipinski definition) is 8. The van der Waals surface area contributed by atoms with Gasteiger partial charge in [0.1, 0.15) is 12.1 Å². The fraction of sp³-hybridized carbons (Fsp3) is 0.645. The summed E-state index contributed by atoms with van der Waals surface area (Å²) in [5, 5.41) is 43.4. The van der Waals surface area contributed by atoms with E-state index in [1.165, 1.54) is 0 Å². The molecule has 1 heterocycles. The number of carboxylic acids is 4. The number of nitrogens with zero attached hydrogens (tertiary/aromatic N) is 2. The predicted molar refractivity (Wildman–Crippen MR) is 167 cm³/mol. The van der Waals surface area contributed by atoms with Crippen molar-refractivity contribution in [2.45, 2.75) is 109 Å². The lowest BCUT2D eigenvalue weighted by Gasteiger charge is -2.19. The van der Waals surface area contributed by atoms with Crippen molar-refractivity contribution in [2.24, 2.45) is 0 Å². The Labute approximate surface area is 269 Å². The van der Waals surface area contributed by atoms with Gasteiger partial charge in [0.2, 0.25) is 5.91 Å². The standard InChI is InChI=1S/C31H49N5O10/c37-26(33-19-11-9-14-24(29(42)43)34-31(46)35-25(30(44)45)16-17-27(38)39)15-7-5-3-1-2-4-6-12-20-36(22-28(40)41)21-23-13-8-10-18-32-23/h8,10,13,18,24-25H,1-7,9,11-12,14-17,19-22H2,(H,33,37)(H,38,39)(H,40,41)(H,42,43)(H,44,45)(H2,34,35,46)/t24-,25-/m0/s1. The number of aliphatic carboxylic acids is 4. The molecule has 0 unspecified atom stereocenters. The maximum atomic E-state index is 12.1. The first-order valence-corrected chi connectivity index (χ1v) is 15.8. The summed E-state index contributed by atoms with van der Waals surface area (Å²) in [6.45, 7) is 1.57. The van der Waals surface area contributed by atoms with Gasteiger partial charge in [-0.15, -0.1) is 0 Å². The highest BCUT2D eigenvalue weighted by Gasteiger charge is 2.24. The summed E-state index contributed by atoms with van der Waals surface area (Å²) in [6, 6.07) is 1.86. The smallest absolute Gasteiger partial charge is 0.326 e. The zero-order chi connectivity index (χ0) is 34.2. The summed E-state index contributed by atoms with van der Waals surface area (Å²) in [4.78, 5) is 74.8. The lowest BCUT2D eigenvalue weighted by molar-refractivity contribution is -0.141. The second-order valence-corrected chi connectivity index (χ2v) is 11.2. The molecule has 0 saturated heterocycles. The highest BCUT2D eigenvalue weighted by Crippen LogP contribution is 2.11. The van der Waals surface area contributed by atoms with E-state index < -0.39 is 48.4 Å². The predicted octanol–water partition coefficient (Wildman–Crippen LogP) is 2.84. The Kier molecular flexibility index (Phi) is 20.8. The minimum Gasteiger partial charge on any atom is -0.481 e. The first kappa shape index (κ1) is 39.8. The monoisotopic (exact) mass is 651 g/mol. The fourth-order valence-corrected chi connectivity index (χ4v) is 4.74. The van der Waals surface area contributed by atoms with E-state index in [1.54, 1.807) is 6.20 Å². The van der Waals surface area contributed by atoms with Crippen molar-refractivity contribution in [3.05, 3.63) is 30.1 Å². The molecule has 0 aliphatic rings. The largest absolute Gasteiger partial charge is 0.481 e. The third-order valence-electron chi connectivity index (χ3n) is 7.19. The van der Waals surface area contributed by atoms with Gasteiger partial charge in [-0.25, -0.2) is 14.4 Å². The van der Waals surface area contributed by atoms with Crippen molar-refractivity contribution >= 4 is 35.8 Å². The SMILES string of the molecule is O=C(O)CC[C@H](NC(=O)N[C@@H](CCCCNC(=O)CCCCCCCCCCN(CC(=O)O)Cc1ccccn1)C(=O)O)C(=O)O. The van der Waals surface area contributed by atoms with E-state index in [2.05, 4.69) is 20.9 Å². The molecule has 0 radical (unpaired) electrons. The number of aromatic nitrogens is 1. The fourth-order valence-electron chi connectivity index (χ4n) is 4.74. The number of nitrogens with one attached hydrogen (secondary N) is 3. The van der Waals surface area contributed by atoms with Gasteiger partial charge in [-0.3, -0.25) is 24.3 Å². The first-order valence-electron chi connectivity index (χ1n) is 15.8. The number of carboxylic acid groups (broad SMARTS) is 4. The number of carbonyl (C=O) groups excluding carboxylic acids is 2. The number of rotatable bonds is 27. The molecular weight excluding hydrogens is 602 g/mol.